The van der Waals surface area contributed by atoms with Crippen molar-refractivity contribution in [2.45, 2.75) is 19.8 Å². The van der Waals surface area contributed by atoms with Gasteiger partial charge in [0.25, 0.3) is 5.91 Å². The van der Waals surface area contributed by atoms with Crippen LogP contribution in [0, 0.1) is 5.82 Å². The molecular weight excluding hydrogens is 419 g/mol. The van der Waals surface area contributed by atoms with Crippen LogP contribution in [0.1, 0.15) is 19.8 Å². The van der Waals surface area contributed by atoms with Gasteiger partial charge in [-0.1, -0.05) is 12.1 Å². The van der Waals surface area contributed by atoms with Gasteiger partial charge in [0.2, 0.25) is 5.91 Å². The van der Waals surface area contributed by atoms with Crippen molar-refractivity contribution in [2.24, 2.45) is 0 Å². The minimum Gasteiger partial charge on any atom is -0.490 e. The predicted octanol–water partition coefficient (Wildman–Crippen LogP) is 3.02. The van der Waals surface area contributed by atoms with E-state index < -0.39 is 30.2 Å². The first kappa shape index (κ1) is 24.6. The number of anilines is 1. The van der Waals surface area contributed by atoms with Crippen molar-refractivity contribution in [1.29, 1.82) is 0 Å². The lowest BCUT2D eigenvalue weighted by Crippen LogP contribution is -2.37. The number of para-hydroxylation sites is 2. The highest BCUT2D eigenvalue weighted by Crippen LogP contribution is 2.26. The Morgan fingerprint density at radius 3 is 2.31 bits per heavy atom. The Balaban J connectivity index is 1.64. The molecule has 0 atom stereocenters. The van der Waals surface area contributed by atoms with Crippen molar-refractivity contribution >= 4 is 23.5 Å². The molecule has 0 aliphatic heterocycles. The number of nitrogens with one attached hydrogen (secondary N) is 1. The van der Waals surface area contributed by atoms with Gasteiger partial charge < -0.3 is 24.4 Å². The molecule has 2 amide bonds. The van der Waals surface area contributed by atoms with Crippen molar-refractivity contribution in [2.75, 3.05) is 38.7 Å². The summed E-state index contributed by atoms with van der Waals surface area (Å²) in [6, 6.07) is 12.5. The summed E-state index contributed by atoms with van der Waals surface area (Å²) in [5, 5.41) is 2.55. The molecule has 0 radical (unpaired) electrons. The van der Waals surface area contributed by atoms with Crippen LogP contribution in [0.4, 0.5) is 10.1 Å². The predicted molar refractivity (Wildman–Crippen MR) is 116 cm³/mol. The number of likely N-dealkylation sites (N-methyl/N-ethyl adjacent to an activating group) is 1. The van der Waals surface area contributed by atoms with Gasteiger partial charge in [-0.15, -0.1) is 0 Å². The minimum atomic E-state index is -0.538. The number of ether oxygens (including phenoxy) is 3. The van der Waals surface area contributed by atoms with Gasteiger partial charge in [-0.05, 0) is 49.7 Å². The van der Waals surface area contributed by atoms with Crippen molar-refractivity contribution in [3.8, 4) is 11.5 Å². The number of halogens is 1. The van der Waals surface area contributed by atoms with Crippen LogP contribution in [0.5, 0.6) is 11.5 Å². The van der Waals surface area contributed by atoms with Crippen molar-refractivity contribution < 1.29 is 33.0 Å². The Kier molecular flexibility index (Phi) is 9.96. The summed E-state index contributed by atoms with van der Waals surface area (Å²) in [5.41, 5.74) is 0.412. The number of hydrogen-bond donors (Lipinski definition) is 1. The zero-order valence-electron chi connectivity index (χ0n) is 18.1. The first-order valence-electron chi connectivity index (χ1n) is 10.2. The summed E-state index contributed by atoms with van der Waals surface area (Å²) >= 11 is 0. The van der Waals surface area contributed by atoms with E-state index in [1.165, 1.54) is 31.3 Å². The third-order valence-corrected chi connectivity index (χ3v) is 4.22. The molecule has 172 valence electrons. The van der Waals surface area contributed by atoms with Crippen LogP contribution in [0.2, 0.25) is 0 Å². The number of carbonyl (C=O) groups is 3. The molecule has 0 saturated heterocycles. The summed E-state index contributed by atoms with van der Waals surface area (Å²) in [6.07, 6.45) is 0.488. The fraction of sp³-hybridized carbons (Fsp3) is 0.348. The van der Waals surface area contributed by atoms with Gasteiger partial charge >= 0.3 is 5.97 Å². The molecule has 2 rings (SSSR count). The first-order valence-corrected chi connectivity index (χ1v) is 10.2. The van der Waals surface area contributed by atoms with Crippen LogP contribution >= 0.6 is 0 Å². The fourth-order valence-corrected chi connectivity index (χ4v) is 2.60. The summed E-state index contributed by atoms with van der Waals surface area (Å²) in [6.45, 7) is 1.98. The molecule has 8 nitrogen and oxygen atoms in total. The van der Waals surface area contributed by atoms with E-state index in [1.807, 2.05) is 19.1 Å². The third kappa shape index (κ3) is 8.63. The van der Waals surface area contributed by atoms with Crippen molar-refractivity contribution in [3.63, 3.8) is 0 Å². The Morgan fingerprint density at radius 1 is 1.00 bits per heavy atom. The Hall–Kier alpha value is -3.62. The van der Waals surface area contributed by atoms with E-state index in [4.69, 9.17) is 14.2 Å². The topological polar surface area (TPSA) is 94.2 Å². The second-order valence-electron chi connectivity index (χ2n) is 6.80. The van der Waals surface area contributed by atoms with Crippen LogP contribution < -0.4 is 14.8 Å². The fourth-order valence-electron chi connectivity index (χ4n) is 2.60. The molecule has 2 aromatic carbocycles. The maximum Gasteiger partial charge on any atom is 0.306 e. The van der Waals surface area contributed by atoms with E-state index in [0.717, 1.165) is 4.90 Å². The van der Waals surface area contributed by atoms with Gasteiger partial charge in [0.05, 0.1) is 19.8 Å². The van der Waals surface area contributed by atoms with Gasteiger partial charge in [0, 0.05) is 19.2 Å². The lowest BCUT2D eigenvalue weighted by molar-refractivity contribution is -0.152. The first-order chi connectivity index (χ1) is 15.4. The molecule has 0 aliphatic carbocycles. The lowest BCUT2D eigenvalue weighted by Gasteiger charge is -2.17. The van der Waals surface area contributed by atoms with Gasteiger partial charge in [0.15, 0.2) is 18.1 Å². The maximum absolute atomic E-state index is 12.9. The summed E-state index contributed by atoms with van der Waals surface area (Å²) in [4.78, 5) is 37.0. The Bertz CT molecular complexity index is 904. The number of nitrogens with zero attached hydrogens (tertiary/aromatic N) is 1. The number of esters is 1. The highest BCUT2D eigenvalue weighted by atomic mass is 19.1. The van der Waals surface area contributed by atoms with E-state index in [-0.39, 0.29) is 19.6 Å². The van der Waals surface area contributed by atoms with Gasteiger partial charge in [-0.25, -0.2) is 4.39 Å². The van der Waals surface area contributed by atoms with E-state index in [9.17, 15) is 18.8 Å². The number of carbonyl (C=O) groups excluding carboxylic acids is 3. The van der Waals surface area contributed by atoms with Crippen LogP contribution in [0.15, 0.2) is 48.5 Å². The average Bonchev–Trinajstić information content (AvgIpc) is 2.77. The quantitative estimate of drug-likeness (QED) is 0.398. The monoisotopic (exact) mass is 446 g/mol. The van der Waals surface area contributed by atoms with Crippen LogP contribution in [0.3, 0.4) is 0 Å². The van der Waals surface area contributed by atoms with Crippen molar-refractivity contribution in [3.05, 3.63) is 54.3 Å². The number of benzene rings is 2. The molecule has 32 heavy (non-hydrogen) atoms. The molecule has 0 bridgehead atoms. The number of amides is 2. The molecule has 0 saturated carbocycles. The average molecular weight is 446 g/mol. The van der Waals surface area contributed by atoms with Gasteiger partial charge in [-0.2, -0.15) is 0 Å². The summed E-state index contributed by atoms with van der Waals surface area (Å²) in [5.74, 6) is -0.700. The maximum atomic E-state index is 12.9. The molecule has 2 aromatic rings. The molecule has 0 fully saturated rings. The zero-order valence-corrected chi connectivity index (χ0v) is 18.1. The molecule has 0 unspecified atom stereocenters. The van der Waals surface area contributed by atoms with E-state index in [0.29, 0.717) is 30.2 Å². The molecule has 9 heteroatoms. The van der Waals surface area contributed by atoms with Crippen LogP contribution in [-0.4, -0.2) is 56.1 Å². The van der Waals surface area contributed by atoms with Gasteiger partial charge in [0.1, 0.15) is 5.82 Å². The van der Waals surface area contributed by atoms with Crippen molar-refractivity contribution in [1.82, 2.24) is 4.90 Å². The van der Waals surface area contributed by atoms with Crippen LogP contribution in [-0.2, 0) is 19.1 Å². The Labute approximate surface area is 186 Å². The number of hydrogen-bond acceptors (Lipinski definition) is 6. The standard InChI is InChI=1S/C23H27FN2O6/c1-3-30-19-7-4-5-8-20(19)31-14-6-9-23(29)32-16-22(28)26(2)15-21(27)25-18-12-10-17(24)11-13-18/h4-5,7-8,10-13H,3,6,9,14-16H2,1-2H3,(H,25,27). The van der Waals surface area contributed by atoms with Crippen LogP contribution in [0.25, 0.3) is 0 Å². The lowest BCUT2D eigenvalue weighted by atomic mass is 10.3. The number of rotatable bonds is 12. The SMILES string of the molecule is CCOc1ccccc1OCCCC(=O)OCC(=O)N(C)CC(=O)Nc1ccc(F)cc1. The molecule has 0 aliphatic rings. The summed E-state index contributed by atoms with van der Waals surface area (Å²) < 4.78 is 29.0. The van der Waals surface area contributed by atoms with E-state index in [2.05, 4.69) is 5.32 Å². The zero-order chi connectivity index (χ0) is 23.3. The molecule has 0 aromatic heterocycles. The molecule has 0 spiro atoms. The highest BCUT2D eigenvalue weighted by Gasteiger charge is 2.15. The third-order valence-electron chi connectivity index (χ3n) is 4.22. The Morgan fingerprint density at radius 2 is 1.66 bits per heavy atom. The van der Waals surface area contributed by atoms with E-state index in [1.54, 1.807) is 12.1 Å². The van der Waals surface area contributed by atoms with Gasteiger partial charge in [-0.3, -0.25) is 14.4 Å². The molecule has 1 N–H and O–H groups in total. The smallest absolute Gasteiger partial charge is 0.306 e. The minimum absolute atomic E-state index is 0.0822. The highest BCUT2D eigenvalue weighted by molar-refractivity contribution is 5.94. The second-order valence-corrected chi connectivity index (χ2v) is 6.80. The molecular formula is C23H27FN2O6. The normalized spacial score (nSPS) is 10.2. The molecule has 0 heterocycles. The largest absolute Gasteiger partial charge is 0.490 e. The summed E-state index contributed by atoms with van der Waals surface area (Å²) in [7, 11) is 1.42. The van der Waals surface area contributed by atoms with E-state index >= 15 is 0 Å². The second kappa shape index (κ2) is 12.9.